The van der Waals surface area contributed by atoms with E-state index >= 15 is 4.39 Å². The maximum Gasteiger partial charge on any atom is 0.247 e. The third-order valence-electron chi connectivity index (χ3n) is 16.6. The molecule has 2 saturated carbocycles. The lowest BCUT2D eigenvalue weighted by molar-refractivity contribution is 0.188. The van der Waals surface area contributed by atoms with Gasteiger partial charge in [-0.05, 0) is 169 Å². The summed E-state index contributed by atoms with van der Waals surface area (Å²) >= 11 is 0. The van der Waals surface area contributed by atoms with E-state index in [0.717, 1.165) is 10.9 Å². The first-order valence-corrected chi connectivity index (χ1v) is 20.9. The second-order valence-electron chi connectivity index (χ2n) is 19.9. The average molecular weight is 708 g/mol. The van der Waals surface area contributed by atoms with Crippen molar-refractivity contribution in [1.82, 2.24) is 0 Å². The van der Waals surface area contributed by atoms with E-state index in [1.807, 2.05) is 12.1 Å². The molecular formula is C50H52B2FN. The standard InChI is InChI=1S/C50H52B2FN/c1-29-11-9-12-30(2)44(29)51-38-25-34-36(49(7)19-15-47(34,5)16-20-49)27-42(38)54-43-28-37-35(48(6)17-21-50(37,8)22-18-48)26-39(43)52(45-31(3)13-10-14-32(45)4)41-24-33(53)23-40(51)46(41)54/h9-14,23-28H,15-22H2,1-8H3. The van der Waals surface area contributed by atoms with Gasteiger partial charge in [0.1, 0.15) is 5.82 Å². The SMILES string of the molecule is Cc1cccc(C)c1B1c2cc3c(cc2N2c4cc5c(cc4B(c4c(C)cccc4C)c4cc(F)cc1c42)C1(C)CCC5(C)CC1)C1(C)CCC3(C)CC1. The van der Waals surface area contributed by atoms with E-state index in [4.69, 9.17) is 0 Å². The van der Waals surface area contributed by atoms with Crippen molar-refractivity contribution in [3.63, 3.8) is 0 Å². The molecule has 0 radical (unpaired) electrons. The largest absolute Gasteiger partial charge is 0.313 e. The second-order valence-corrected chi connectivity index (χ2v) is 19.9. The molecule has 2 aliphatic heterocycles. The monoisotopic (exact) mass is 707 g/mol. The Balaban J connectivity index is 1.31. The molecule has 5 aromatic carbocycles. The van der Waals surface area contributed by atoms with Gasteiger partial charge in [-0.2, -0.15) is 0 Å². The zero-order chi connectivity index (χ0) is 37.3. The van der Waals surface area contributed by atoms with Crippen molar-refractivity contribution in [2.24, 2.45) is 0 Å². The number of hydrogen-bond acceptors (Lipinski definition) is 1. The summed E-state index contributed by atoms with van der Waals surface area (Å²) in [5.74, 6) is -0.129. The molecule has 13 rings (SSSR count). The maximum absolute atomic E-state index is 16.8. The fraction of sp³-hybridized carbons (Fsp3) is 0.400. The molecule has 6 aliphatic carbocycles. The number of aryl methyl sites for hydroxylation is 4. The summed E-state index contributed by atoms with van der Waals surface area (Å²) < 4.78 is 16.8. The maximum atomic E-state index is 16.8. The summed E-state index contributed by atoms with van der Waals surface area (Å²) in [6.45, 7) is 19.0. The summed E-state index contributed by atoms with van der Waals surface area (Å²) in [4.78, 5) is 2.66. The first kappa shape index (κ1) is 33.3. The van der Waals surface area contributed by atoms with Gasteiger partial charge < -0.3 is 4.90 Å². The highest BCUT2D eigenvalue weighted by Gasteiger charge is 2.53. The molecule has 0 aromatic heterocycles. The predicted octanol–water partition coefficient (Wildman–Crippen LogP) is 8.39. The Hall–Kier alpha value is -4.04. The minimum Gasteiger partial charge on any atom is -0.313 e. The van der Waals surface area contributed by atoms with Crippen LogP contribution in [0.25, 0.3) is 0 Å². The van der Waals surface area contributed by atoms with E-state index in [1.165, 1.54) is 113 Å². The van der Waals surface area contributed by atoms with E-state index < -0.39 is 0 Å². The molecule has 0 unspecified atom stereocenters. The van der Waals surface area contributed by atoms with Crippen LogP contribution in [0.15, 0.2) is 72.8 Å². The summed E-state index contributed by atoms with van der Waals surface area (Å²) in [5.41, 5.74) is 23.5. The van der Waals surface area contributed by atoms with E-state index in [0.29, 0.717) is 0 Å². The summed E-state index contributed by atoms with van der Waals surface area (Å²) in [7, 11) is 0. The molecule has 270 valence electrons. The lowest BCUT2D eigenvalue weighted by Crippen LogP contribution is -2.66. The summed E-state index contributed by atoms with van der Waals surface area (Å²) in [6.07, 6.45) is 9.96. The molecule has 1 nitrogen and oxygen atoms in total. The Bertz CT molecular complexity index is 2280. The third kappa shape index (κ3) is 4.13. The van der Waals surface area contributed by atoms with Crippen LogP contribution in [0.4, 0.5) is 21.5 Å². The van der Waals surface area contributed by atoms with Crippen LogP contribution in [0, 0.1) is 33.5 Å². The van der Waals surface area contributed by atoms with E-state index in [1.54, 1.807) is 22.3 Å². The molecule has 0 saturated heterocycles. The Kier molecular flexibility index (Phi) is 6.55. The lowest BCUT2D eigenvalue weighted by atomic mass is 9.29. The quantitative estimate of drug-likeness (QED) is 0.163. The summed E-state index contributed by atoms with van der Waals surface area (Å²) in [5, 5.41) is 0. The number of rotatable bonds is 2. The highest BCUT2D eigenvalue weighted by Crippen LogP contribution is 2.59. The number of hydrogen-bond donors (Lipinski definition) is 0. The van der Waals surface area contributed by atoms with Gasteiger partial charge in [-0.1, -0.05) is 109 Å². The third-order valence-corrected chi connectivity index (χ3v) is 16.6. The number of fused-ring (bicyclic) bond motifs is 8. The number of nitrogens with zero attached hydrogens (tertiary/aromatic N) is 1. The number of anilines is 3. The smallest absolute Gasteiger partial charge is 0.247 e. The van der Waals surface area contributed by atoms with Crippen molar-refractivity contribution in [1.29, 1.82) is 0 Å². The minimum absolute atomic E-state index is 0.0608. The van der Waals surface area contributed by atoms with Crippen LogP contribution in [0.3, 0.4) is 0 Å². The summed E-state index contributed by atoms with van der Waals surface area (Å²) in [6, 6.07) is 27.8. The topological polar surface area (TPSA) is 3.24 Å². The van der Waals surface area contributed by atoms with E-state index in [9.17, 15) is 0 Å². The van der Waals surface area contributed by atoms with Crippen LogP contribution >= 0.6 is 0 Å². The highest BCUT2D eigenvalue weighted by molar-refractivity contribution is 7.02. The molecule has 54 heavy (non-hydrogen) atoms. The minimum atomic E-state index is -0.129. The van der Waals surface area contributed by atoms with Gasteiger partial charge in [0.2, 0.25) is 13.4 Å². The van der Waals surface area contributed by atoms with E-state index in [2.05, 4.69) is 121 Å². The molecule has 5 aromatic rings. The Morgan fingerprint density at radius 1 is 0.463 bits per heavy atom. The van der Waals surface area contributed by atoms with Gasteiger partial charge in [0.05, 0.1) is 0 Å². The van der Waals surface area contributed by atoms with Crippen molar-refractivity contribution in [2.75, 3.05) is 4.90 Å². The molecule has 0 amide bonds. The highest BCUT2D eigenvalue weighted by atomic mass is 19.1. The lowest BCUT2D eigenvalue weighted by Gasteiger charge is -2.54. The van der Waals surface area contributed by atoms with Gasteiger partial charge in [0.25, 0.3) is 0 Å². The van der Waals surface area contributed by atoms with Crippen LogP contribution in [-0.4, -0.2) is 13.4 Å². The fourth-order valence-corrected chi connectivity index (χ4v) is 13.1. The Morgan fingerprint density at radius 2 is 0.778 bits per heavy atom. The first-order valence-electron chi connectivity index (χ1n) is 20.9. The van der Waals surface area contributed by atoms with Crippen molar-refractivity contribution < 1.29 is 4.39 Å². The van der Waals surface area contributed by atoms with Gasteiger partial charge >= 0.3 is 0 Å². The van der Waals surface area contributed by atoms with Gasteiger partial charge in [-0.15, -0.1) is 0 Å². The molecular weight excluding hydrogens is 655 g/mol. The van der Waals surface area contributed by atoms with Gasteiger partial charge in [0, 0.05) is 17.1 Å². The van der Waals surface area contributed by atoms with E-state index in [-0.39, 0.29) is 40.9 Å². The van der Waals surface area contributed by atoms with Gasteiger partial charge in [-0.3, -0.25) is 0 Å². The molecule has 4 heteroatoms. The van der Waals surface area contributed by atoms with Crippen LogP contribution in [0.1, 0.15) is 124 Å². The molecule has 2 heterocycles. The fourth-order valence-electron chi connectivity index (χ4n) is 13.1. The van der Waals surface area contributed by atoms with Crippen molar-refractivity contribution >= 4 is 63.3 Å². The second kappa shape index (κ2) is 10.6. The number of benzene rings is 5. The van der Waals surface area contributed by atoms with Crippen molar-refractivity contribution in [3.8, 4) is 0 Å². The molecule has 0 spiro atoms. The molecule has 4 bridgehead atoms. The number of halogens is 1. The van der Waals surface area contributed by atoms with Crippen LogP contribution in [-0.2, 0) is 21.7 Å². The Labute approximate surface area is 322 Å². The molecule has 8 aliphatic rings. The van der Waals surface area contributed by atoms with Crippen LogP contribution < -0.4 is 37.7 Å². The molecule has 2 fully saturated rings. The Morgan fingerprint density at radius 3 is 1.11 bits per heavy atom. The predicted molar refractivity (Wildman–Crippen MR) is 229 cm³/mol. The molecule has 0 atom stereocenters. The van der Waals surface area contributed by atoms with Crippen LogP contribution in [0.2, 0.25) is 0 Å². The zero-order valence-corrected chi connectivity index (χ0v) is 33.6. The van der Waals surface area contributed by atoms with Crippen LogP contribution in [0.5, 0.6) is 0 Å². The van der Waals surface area contributed by atoms with Crippen molar-refractivity contribution in [2.45, 2.75) is 128 Å². The van der Waals surface area contributed by atoms with Gasteiger partial charge in [-0.25, -0.2) is 4.39 Å². The average Bonchev–Trinajstić information content (AvgIpc) is 3.14. The first-order chi connectivity index (χ1) is 25.7. The molecule has 0 N–H and O–H groups in total. The van der Waals surface area contributed by atoms with Crippen molar-refractivity contribution in [3.05, 3.63) is 123 Å². The normalized spacial score (nSPS) is 28.1. The van der Waals surface area contributed by atoms with Gasteiger partial charge in [0.15, 0.2) is 0 Å². The zero-order valence-electron chi connectivity index (χ0n) is 33.6.